The van der Waals surface area contributed by atoms with Crippen molar-refractivity contribution in [3.8, 4) is 0 Å². The maximum atomic E-state index is 10.7. The molecule has 1 aromatic carbocycles. The summed E-state index contributed by atoms with van der Waals surface area (Å²) in [6.45, 7) is 5.13. The Hall–Kier alpha value is -1.54. The van der Waals surface area contributed by atoms with Crippen LogP contribution in [0.1, 0.15) is 12.5 Å². The maximum absolute atomic E-state index is 10.7. The average Bonchev–Trinajstić information content (AvgIpc) is 2.16. The zero-order valence-corrected chi connectivity index (χ0v) is 9.21. The number of rotatable bonds is 3. The fourth-order valence-electron chi connectivity index (χ4n) is 1.04. The molecule has 1 aromatic rings. The van der Waals surface area contributed by atoms with E-state index in [-0.39, 0.29) is 5.91 Å². The molecule has 0 radical (unpaired) electrons. The van der Waals surface area contributed by atoms with Crippen molar-refractivity contribution in [2.45, 2.75) is 6.92 Å². The largest absolute Gasteiger partial charge is 0.327 e. The molecule has 1 rings (SSSR count). The van der Waals surface area contributed by atoms with E-state index in [0.717, 1.165) is 5.56 Å². The zero-order chi connectivity index (χ0) is 11.3. The molecule has 2 nitrogen and oxygen atoms in total. The molecule has 0 saturated carbocycles. The third kappa shape index (κ3) is 4.47. The normalized spacial score (nSPS) is 10.3. The lowest BCUT2D eigenvalue weighted by Gasteiger charge is -1.99. The molecule has 0 aliphatic carbocycles. The smallest absolute Gasteiger partial charge is 0.221 e. The van der Waals surface area contributed by atoms with Gasteiger partial charge in [0.2, 0.25) is 5.91 Å². The predicted octanol–water partition coefficient (Wildman–Crippen LogP) is 3.00. The van der Waals surface area contributed by atoms with Gasteiger partial charge in [0.1, 0.15) is 0 Å². The van der Waals surface area contributed by atoms with Crippen LogP contribution in [0.25, 0.3) is 6.08 Å². The lowest BCUT2D eigenvalue weighted by Crippen LogP contribution is -2.16. The highest BCUT2D eigenvalue weighted by Crippen LogP contribution is 2.10. The second kappa shape index (κ2) is 5.37. The van der Waals surface area contributed by atoms with Crippen molar-refractivity contribution in [1.29, 1.82) is 0 Å². The molecular formula is C12H12ClNO. The fourth-order valence-corrected chi connectivity index (χ4v) is 1.16. The van der Waals surface area contributed by atoms with E-state index in [1.807, 2.05) is 30.3 Å². The van der Waals surface area contributed by atoms with Gasteiger partial charge in [-0.2, -0.15) is 0 Å². The van der Waals surface area contributed by atoms with Crippen LogP contribution >= 0.6 is 11.6 Å². The van der Waals surface area contributed by atoms with Crippen molar-refractivity contribution in [3.63, 3.8) is 0 Å². The van der Waals surface area contributed by atoms with Crippen LogP contribution in [-0.4, -0.2) is 5.91 Å². The van der Waals surface area contributed by atoms with Gasteiger partial charge in [0.25, 0.3) is 0 Å². The molecule has 1 amide bonds. The monoisotopic (exact) mass is 221 g/mol. The molecule has 0 bridgehead atoms. The molecule has 0 aliphatic rings. The summed E-state index contributed by atoms with van der Waals surface area (Å²) < 4.78 is 0. The number of nitrogens with one attached hydrogen (secondary N) is 1. The summed E-state index contributed by atoms with van der Waals surface area (Å²) in [6, 6.07) is 7.39. The molecule has 0 heterocycles. The second-order valence-electron chi connectivity index (χ2n) is 3.09. The third-order valence-corrected chi connectivity index (χ3v) is 1.94. The molecule has 0 spiro atoms. The Morgan fingerprint density at radius 3 is 2.53 bits per heavy atom. The van der Waals surface area contributed by atoms with E-state index < -0.39 is 0 Å². The average molecular weight is 222 g/mol. The molecule has 78 valence electrons. The topological polar surface area (TPSA) is 29.1 Å². The van der Waals surface area contributed by atoms with Gasteiger partial charge in [0, 0.05) is 17.6 Å². The molecular weight excluding hydrogens is 210 g/mol. The van der Waals surface area contributed by atoms with Crippen LogP contribution in [0, 0.1) is 0 Å². The Morgan fingerprint density at radius 1 is 1.40 bits per heavy atom. The Balaban J connectivity index is 2.61. The second-order valence-corrected chi connectivity index (χ2v) is 3.53. The minimum atomic E-state index is -0.124. The quantitative estimate of drug-likeness (QED) is 0.782. The molecule has 0 aliphatic heterocycles. The van der Waals surface area contributed by atoms with Gasteiger partial charge in [-0.25, -0.2) is 0 Å². The minimum absolute atomic E-state index is 0.124. The molecule has 3 heteroatoms. The lowest BCUT2D eigenvalue weighted by atomic mass is 10.2. The van der Waals surface area contributed by atoms with E-state index in [1.165, 1.54) is 6.92 Å². The number of hydrogen-bond donors (Lipinski definition) is 1. The van der Waals surface area contributed by atoms with E-state index in [4.69, 9.17) is 11.6 Å². The van der Waals surface area contributed by atoms with Gasteiger partial charge in [-0.1, -0.05) is 36.4 Å². The molecule has 0 fully saturated rings. The first-order chi connectivity index (χ1) is 7.08. The van der Waals surface area contributed by atoms with Gasteiger partial charge in [0.15, 0.2) is 0 Å². The lowest BCUT2D eigenvalue weighted by molar-refractivity contribution is -0.118. The molecule has 0 saturated heterocycles. The van der Waals surface area contributed by atoms with Crippen molar-refractivity contribution in [3.05, 3.63) is 53.2 Å². The molecule has 1 N–H and O–H groups in total. The first kappa shape index (κ1) is 11.5. The first-order valence-electron chi connectivity index (χ1n) is 4.48. The number of halogens is 1. The van der Waals surface area contributed by atoms with Gasteiger partial charge in [-0.3, -0.25) is 4.79 Å². The summed E-state index contributed by atoms with van der Waals surface area (Å²) in [5.74, 6) is -0.124. The van der Waals surface area contributed by atoms with Crippen LogP contribution in [-0.2, 0) is 4.79 Å². The molecule has 15 heavy (non-hydrogen) atoms. The van der Waals surface area contributed by atoms with Crippen molar-refractivity contribution in [2.75, 3.05) is 0 Å². The van der Waals surface area contributed by atoms with E-state index in [9.17, 15) is 4.79 Å². The Bertz CT molecular complexity index is 393. The summed E-state index contributed by atoms with van der Waals surface area (Å²) >= 11 is 5.74. The number of carbonyl (C=O) groups excluding carboxylic acids is 1. The van der Waals surface area contributed by atoms with Gasteiger partial charge in [0.05, 0.1) is 0 Å². The first-order valence-corrected chi connectivity index (χ1v) is 4.86. The summed E-state index contributed by atoms with van der Waals surface area (Å²) in [5.41, 5.74) is 1.57. The van der Waals surface area contributed by atoms with Crippen LogP contribution in [0.15, 0.2) is 42.6 Å². The van der Waals surface area contributed by atoms with Crippen LogP contribution in [0.5, 0.6) is 0 Å². The number of carbonyl (C=O) groups is 1. The summed E-state index contributed by atoms with van der Waals surface area (Å²) in [6.07, 6.45) is 3.60. The van der Waals surface area contributed by atoms with E-state index >= 15 is 0 Å². The SMILES string of the molecule is C=C(/C=C/c1ccc(Cl)cc1)NC(C)=O. The van der Waals surface area contributed by atoms with Crippen LogP contribution in [0.2, 0.25) is 5.02 Å². The predicted molar refractivity (Wildman–Crippen MR) is 63.4 cm³/mol. The summed E-state index contributed by atoms with van der Waals surface area (Å²) in [7, 11) is 0. The fraction of sp³-hybridized carbons (Fsp3) is 0.0833. The standard InChI is InChI=1S/C12H12ClNO/c1-9(14-10(2)15)3-4-11-5-7-12(13)8-6-11/h3-8H,1H2,2H3,(H,14,15)/b4-3+. The number of amides is 1. The Morgan fingerprint density at radius 2 is 2.00 bits per heavy atom. The number of hydrogen-bond acceptors (Lipinski definition) is 1. The van der Waals surface area contributed by atoms with Crippen LogP contribution in [0.4, 0.5) is 0 Å². The highest BCUT2D eigenvalue weighted by atomic mass is 35.5. The van der Waals surface area contributed by atoms with Crippen molar-refractivity contribution < 1.29 is 4.79 Å². The third-order valence-electron chi connectivity index (χ3n) is 1.68. The minimum Gasteiger partial charge on any atom is -0.327 e. The Kier molecular flexibility index (Phi) is 4.13. The van der Waals surface area contributed by atoms with E-state index in [0.29, 0.717) is 10.7 Å². The number of allylic oxidation sites excluding steroid dienone is 1. The number of benzene rings is 1. The highest BCUT2D eigenvalue weighted by molar-refractivity contribution is 6.30. The van der Waals surface area contributed by atoms with Crippen molar-refractivity contribution >= 4 is 23.6 Å². The van der Waals surface area contributed by atoms with Gasteiger partial charge in [-0.15, -0.1) is 0 Å². The van der Waals surface area contributed by atoms with Gasteiger partial charge < -0.3 is 5.32 Å². The zero-order valence-electron chi connectivity index (χ0n) is 8.46. The van der Waals surface area contributed by atoms with Gasteiger partial charge in [-0.05, 0) is 23.8 Å². The van der Waals surface area contributed by atoms with Crippen molar-refractivity contribution in [1.82, 2.24) is 5.32 Å². The highest BCUT2D eigenvalue weighted by Gasteiger charge is 1.91. The summed E-state index contributed by atoms with van der Waals surface area (Å²) in [4.78, 5) is 10.7. The molecule has 0 aromatic heterocycles. The van der Waals surface area contributed by atoms with Crippen LogP contribution in [0.3, 0.4) is 0 Å². The Labute approximate surface area is 94.3 Å². The van der Waals surface area contributed by atoms with E-state index in [2.05, 4.69) is 11.9 Å². The van der Waals surface area contributed by atoms with Crippen molar-refractivity contribution in [2.24, 2.45) is 0 Å². The molecule has 0 atom stereocenters. The van der Waals surface area contributed by atoms with E-state index in [1.54, 1.807) is 6.08 Å². The van der Waals surface area contributed by atoms with Gasteiger partial charge >= 0.3 is 0 Å². The van der Waals surface area contributed by atoms with Crippen LogP contribution < -0.4 is 5.32 Å². The maximum Gasteiger partial charge on any atom is 0.221 e. The molecule has 0 unspecified atom stereocenters. The summed E-state index contributed by atoms with van der Waals surface area (Å²) in [5, 5.41) is 3.28.